The number of benzene rings is 1. The van der Waals surface area contributed by atoms with Gasteiger partial charge in [0.15, 0.2) is 0 Å². The SMILES string of the molecule is Cc1cc(C)n(Cc2ccc(NC(=O)N(C)C[C@@H]3CC(=O)N(C)C3)cc2)n1. The van der Waals surface area contributed by atoms with Crippen molar-refractivity contribution in [2.75, 3.05) is 32.5 Å². The van der Waals surface area contributed by atoms with Gasteiger partial charge in [0, 0.05) is 50.9 Å². The van der Waals surface area contributed by atoms with Gasteiger partial charge in [-0.2, -0.15) is 5.10 Å². The zero-order valence-corrected chi connectivity index (χ0v) is 16.4. The lowest BCUT2D eigenvalue weighted by Gasteiger charge is -2.21. The molecule has 0 unspecified atom stereocenters. The van der Waals surface area contributed by atoms with Crippen molar-refractivity contribution in [1.29, 1.82) is 0 Å². The van der Waals surface area contributed by atoms with Gasteiger partial charge in [-0.1, -0.05) is 12.1 Å². The van der Waals surface area contributed by atoms with Crippen LogP contribution in [0.4, 0.5) is 10.5 Å². The molecule has 1 fully saturated rings. The Kier molecular flexibility index (Phi) is 5.48. The summed E-state index contributed by atoms with van der Waals surface area (Å²) in [5.41, 5.74) is 4.01. The molecular weight excluding hydrogens is 342 g/mol. The Bertz CT molecular complexity index is 827. The molecule has 1 saturated heterocycles. The topological polar surface area (TPSA) is 70.5 Å². The molecule has 2 aromatic rings. The van der Waals surface area contributed by atoms with Crippen molar-refractivity contribution in [2.24, 2.45) is 5.92 Å². The summed E-state index contributed by atoms with van der Waals surface area (Å²) in [6.07, 6.45) is 0.509. The summed E-state index contributed by atoms with van der Waals surface area (Å²) >= 11 is 0. The van der Waals surface area contributed by atoms with Crippen LogP contribution in [0, 0.1) is 19.8 Å². The van der Waals surface area contributed by atoms with Crippen LogP contribution in [0.25, 0.3) is 0 Å². The van der Waals surface area contributed by atoms with E-state index in [0.717, 1.165) is 22.6 Å². The Hall–Kier alpha value is -2.83. The zero-order valence-electron chi connectivity index (χ0n) is 16.4. The maximum Gasteiger partial charge on any atom is 0.321 e. The van der Waals surface area contributed by atoms with E-state index in [1.165, 1.54) is 0 Å². The Morgan fingerprint density at radius 3 is 2.56 bits per heavy atom. The van der Waals surface area contributed by atoms with Crippen LogP contribution in [-0.2, 0) is 11.3 Å². The summed E-state index contributed by atoms with van der Waals surface area (Å²) in [6.45, 7) is 6.00. The molecule has 0 radical (unpaired) electrons. The normalized spacial score (nSPS) is 16.7. The van der Waals surface area contributed by atoms with Gasteiger partial charge in [-0.05, 0) is 37.6 Å². The standard InChI is InChI=1S/C20H27N5O2/c1-14-9-15(2)25(22-14)13-16-5-7-18(8-6-16)21-20(27)24(4)12-17-10-19(26)23(3)11-17/h5-9,17H,10-13H2,1-4H3,(H,21,27)/t17-/m1/s1. The predicted molar refractivity (Wildman–Crippen MR) is 105 cm³/mol. The number of carbonyl (C=O) groups is 2. The fraction of sp³-hybridized carbons (Fsp3) is 0.450. The minimum Gasteiger partial charge on any atom is -0.345 e. The van der Waals surface area contributed by atoms with Gasteiger partial charge < -0.3 is 15.1 Å². The number of rotatable bonds is 5. The number of aryl methyl sites for hydroxylation is 2. The smallest absolute Gasteiger partial charge is 0.321 e. The summed E-state index contributed by atoms with van der Waals surface area (Å²) in [5.74, 6) is 0.341. The predicted octanol–water partition coefficient (Wildman–Crippen LogP) is 2.49. The number of nitrogens with one attached hydrogen (secondary N) is 1. The number of likely N-dealkylation sites (tertiary alicyclic amines) is 1. The third kappa shape index (κ3) is 4.67. The molecule has 27 heavy (non-hydrogen) atoms. The number of hydrogen-bond acceptors (Lipinski definition) is 3. The van der Waals surface area contributed by atoms with Crippen molar-refractivity contribution < 1.29 is 9.59 Å². The highest BCUT2D eigenvalue weighted by atomic mass is 16.2. The first-order valence-corrected chi connectivity index (χ1v) is 9.18. The van der Waals surface area contributed by atoms with Gasteiger partial charge in [-0.25, -0.2) is 4.79 Å². The van der Waals surface area contributed by atoms with Crippen molar-refractivity contribution in [2.45, 2.75) is 26.8 Å². The van der Waals surface area contributed by atoms with Gasteiger partial charge in [0.2, 0.25) is 5.91 Å². The fourth-order valence-corrected chi connectivity index (χ4v) is 3.47. The van der Waals surface area contributed by atoms with Gasteiger partial charge in [0.1, 0.15) is 0 Å². The van der Waals surface area contributed by atoms with Crippen LogP contribution in [0.2, 0.25) is 0 Å². The first-order valence-electron chi connectivity index (χ1n) is 9.18. The highest BCUT2D eigenvalue weighted by Crippen LogP contribution is 2.18. The highest BCUT2D eigenvalue weighted by molar-refractivity contribution is 5.89. The second-order valence-electron chi connectivity index (χ2n) is 7.44. The third-order valence-corrected chi connectivity index (χ3v) is 4.94. The molecule has 0 saturated carbocycles. The molecule has 1 atom stereocenters. The van der Waals surface area contributed by atoms with Crippen LogP contribution < -0.4 is 5.32 Å². The Morgan fingerprint density at radius 2 is 2.00 bits per heavy atom. The number of anilines is 1. The number of amides is 3. The lowest BCUT2D eigenvalue weighted by atomic mass is 10.1. The minimum absolute atomic E-state index is 0.145. The number of carbonyl (C=O) groups excluding carboxylic acids is 2. The van der Waals surface area contributed by atoms with Gasteiger partial charge in [0.05, 0.1) is 12.2 Å². The van der Waals surface area contributed by atoms with Crippen LogP contribution in [0.5, 0.6) is 0 Å². The summed E-state index contributed by atoms with van der Waals surface area (Å²) in [5, 5.41) is 7.38. The zero-order chi connectivity index (χ0) is 19.6. The molecule has 1 aliphatic rings. The highest BCUT2D eigenvalue weighted by Gasteiger charge is 2.28. The molecule has 144 valence electrons. The van der Waals surface area contributed by atoms with E-state index in [0.29, 0.717) is 26.1 Å². The van der Waals surface area contributed by atoms with Crippen LogP contribution >= 0.6 is 0 Å². The van der Waals surface area contributed by atoms with Crippen LogP contribution in [-0.4, -0.2) is 58.7 Å². The number of urea groups is 1. The Balaban J connectivity index is 1.53. The average molecular weight is 369 g/mol. The van der Waals surface area contributed by atoms with E-state index in [1.54, 1.807) is 23.9 Å². The molecule has 0 aliphatic carbocycles. The van der Waals surface area contributed by atoms with Crippen molar-refractivity contribution in [1.82, 2.24) is 19.6 Å². The van der Waals surface area contributed by atoms with E-state index in [1.807, 2.05) is 42.8 Å². The first kappa shape index (κ1) is 18.9. The van der Waals surface area contributed by atoms with Gasteiger partial charge in [0.25, 0.3) is 0 Å². The van der Waals surface area contributed by atoms with E-state index in [2.05, 4.69) is 16.5 Å². The number of hydrogen-bond donors (Lipinski definition) is 1. The van der Waals surface area contributed by atoms with Crippen molar-refractivity contribution in [3.63, 3.8) is 0 Å². The Labute approximate surface area is 159 Å². The lowest BCUT2D eigenvalue weighted by molar-refractivity contribution is -0.126. The van der Waals surface area contributed by atoms with E-state index >= 15 is 0 Å². The van der Waals surface area contributed by atoms with Crippen molar-refractivity contribution in [3.8, 4) is 0 Å². The molecule has 0 bridgehead atoms. The van der Waals surface area contributed by atoms with Gasteiger partial charge in [-0.15, -0.1) is 0 Å². The quantitative estimate of drug-likeness (QED) is 0.880. The summed E-state index contributed by atoms with van der Waals surface area (Å²) in [4.78, 5) is 27.4. The maximum atomic E-state index is 12.4. The van der Waals surface area contributed by atoms with Crippen molar-refractivity contribution in [3.05, 3.63) is 47.3 Å². The van der Waals surface area contributed by atoms with Gasteiger partial charge >= 0.3 is 6.03 Å². The van der Waals surface area contributed by atoms with Crippen LogP contribution in [0.3, 0.4) is 0 Å². The van der Waals surface area contributed by atoms with E-state index in [9.17, 15) is 9.59 Å². The summed E-state index contributed by atoms with van der Waals surface area (Å²) in [7, 11) is 3.56. The minimum atomic E-state index is -0.164. The van der Waals surface area contributed by atoms with E-state index < -0.39 is 0 Å². The number of aromatic nitrogens is 2. The molecule has 1 N–H and O–H groups in total. The molecule has 3 rings (SSSR count). The second-order valence-corrected chi connectivity index (χ2v) is 7.44. The van der Waals surface area contributed by atoms with Crippen molar-refractivity contribution >= 4 is 17.6 Å². The molecule has 7 heteroatoms. The molecule has 1 aromatic carbocycles. The third-order valence-electron chi connectivity index (χ3n) is 4.94. The molecule has 1 aliphatic heterocycles. The van der Waals surface area contributed by atoms with Crippen LogP contribution in [0.15, 0.2) is 30.3 Å². The average Bonchev–Trinajstić information content (AvgIpc) is 3.09. The summed E-state index contributed by atoms with van der Waals surface area (Å²) in [6, 6.07) is 9.69. The molecule has 2 heterocycles. The Morgan fingerprint density at radius 1 is 1.30 bits per heavy atom. The molecule has 0 spiro atoms. The monoisotopic (exact) mass is 369 g/mol. The van der Waals surface area contributed by atoms with Crippen LogP contribution in [0.1, 0.15) is 23.4 Å². The second kappa shape index (κ2) is 7.82. The fourth-order valence-electron chi connectivity index (χ4n) is 3.47. The molecule has 7 nitrogen and oxygen atoms in total. The first-order chi connectivity index (χ1) is 12.8. The largest absolute Gasteiger partial charge is 0.345 e. The lowest BCUT2D eigenvalue weighted by Crippen LogP contribution is -2.35. The number of nitrogens with zero attached hydrogens (tertiary/aromatic N) is 4. The summed E-state index contributed by atoms with van der Waals surface area (Å²) < 4.78 is 1.97. The molecular formula is C20H27N5O2. The van der Waals surface area contributed by atoms with E-state index in [4.69, 9.17) is 0 Å². The molecule has 3 amide bonds. The molecule has 1 aromatic heterocycles. The van der Waals surface area contributed by atoms with Gasteiger partial charge in [-0.3, -0.25) is 9.48 Å². The maximum absolute atomic E-state index is 12.4. The van der Waals surface area contributed by atoms with E-state index in [-0.39, 0.29) is 17.9 Å².